The lowest BCUT2D eigenvalue weighted by atomic mass is 9.85. The van der Waals surface area contributed by atoms with Crippen LogP contribution in [0.2, 0.25) is 0 Å². The van der Waals surface area contributed by atoms with Gasteiger partial charge in [0.05, 0.1) is 11.8 Å². The zero-order valence-electron chi connectivity index (χ0n) is 17.3. The van der Waals surface area contributed by atoms with E-state index in [1.807, 2.05) is 30.3 Å². The number of carbonyl (C=O) groups is 2. The van der Waals surface area contributed by atoms with Crippen molar-refractivity contribution in [3.8, 4) is 0 Å². The number of rotatable bonds is 6. The molecule has 0 aromatic heterocycles. The lowest BCUT2D eigenvalue weighted by Gasteiger charge is -2.34. The van der Waals surface area contributed by atoms with E-state index in [9.17, 15) is 18.0 Å². The van der Waals surface area contributed by atoms with Crippen LogP contribution in [0.3, 0.4) is 0 Å². The molecule has 2 bridgehead atoms. The molecule has 31 heavy (non-hydrogen) atoms. The fourth-order valence-electron chi connectivity index (χ4n) is 5.45. The molecule has 1 aromatic carbocycles. The maximum atomic E-state index is 12.8. The number of carbonyl (C=O) groups excluding carboxylic acids is 2. The zero-order chi connectivity index (χ0) is 21.6. The first-order chi connectivity index (χ1) is 14.9. The number of fused-ring (bicyclic) bond motifs is 5. The minimum absolute atomic E-state index is 0.0147. The maximum absolute atomic E-state index is 12.8. The number of sulfonamides is 1. The molecule has 0 radical (unpaired) electrons. The smallest absolute Gasteiger partial charge is 0.236 e. The second-order valence-corrected chi connectivity index (χ2v) is 10.6. The van der Waals surface area contributed by atoms with E-state index in [4.69, 9.17) is 0 Å². The molecule has 2 aliphatic carbocycles. The molecule has 7 nitrogen and oxygen atoms in total. The van der Waals surface area contributed by atoms with Gasteiger partial charge in [-0.15, -0.1) is 0 Å². The topological polar surface area (TPSA) is 78.0 Å². The molecule has 164 valence electrons. The average Bonchev–Trinajstić information content (AvgIpc) is 3.46. The van der Waals surface area contributed by atoms with Crippen LogP contribution in [0.5, 0.6) is 0 Å². The van der Waals surface area contributed by atoms with Gasteiger partial charge >= 0.3 is 0 Å². The van der Waals surface area contributed by atoms with Gasteiger partial charge in [-0.05, 0) is 29.9 Å². The third kappa shape index (κ3) is 3.77. The predicted molar refractivity (Wildman–Crippen MR) is 117 cm³/mol. The summed E-state index contributed by atoms with van der Waals surface area (Å²) in [4.78, 5) is 29.2. The Bertz CT molecular complexity index is 998. The summed E-state index contributed by atoms with van der Waals surface area (Å²) in [5, 5.41) is 1.26. The highest BCUT2D eigenvalue weighted by atomic mass is 32.2. The summed E-state index contributed by atoms with van der Waals surface area (Å²) < 4.78 is 26.7. The van der Waals surface area contributed by atoms with Crippen LogP contribution >= 0.6 is 0 Å². The Balaban J connectivity index is 1.13. The van der Waals surface area contributed by atoms with Crippen molar-refractivity contribution < 1.29 is 18.0 Å². The third-order valence-electron chi connectivity index (χ3n) is 7.12. The van der Waals surface area contributed by atoms with Gasteiger partial charge < -0.3 is 0 Å². The number of likely N-dealkylation sites (tertiary alicyclic amines) is 1. The van der Waals surface area contributed by atoms with E-state index in [0.717, 1.165) is 12.0 Å². The molecule has 1 saturated carbocycles. The molecule has 2 saturated heterocycles. The average molecular weight is 442 g/mol. The first kappa shape index (κ1) is 20.6. The van der Waals surface area contributed by atoms with E-state index < -0.39 is 10.0 Å². The van der Waals surface area contributed by atoms with Crippen LogP contribution in [0.1, 0.15) is 12.0 Å². The predicted octanol–water partition coefficient (Wildman–Crippen LogP) is 1.41. The Kier molecular flexibility index (Phi) is 5.32. The maximum Gasteiger partial charge on any atom is 0.236 e. The molecule has 8 heteroatoms. The Morgan fingerprint density at radius 2 is 1.48 bits per heavy atom. The van der Waals surface area contributed by atoms with Gasteiger partial charge in [0.25, 0.3) is 0 Å². The summed E-state index contributed by atoms with van der Waals surface area (Å²) in [6.45, 7) is 2.98. The largest absolute Gasteiger partial charge is 0.299 e. The number of amides is 2. The highest BCUT2D eigenvalue weighted by Gasteiger charge is 2.59. The van der Waals surface area contributed by atoms with Crippen LogP contribution < -0.4 is 0 Å². The van der Waals surface area contributed by atoms with Gasteiger partial charge in [0.15, 0.2) is 0 Å². The molecule has 2 heterocycles. The SMILES string of the molecule is O=C1[C@@H]2[C@@H](C(=O)N1CCN1CCN(S(=O)(=O)/C=C/c3ccccc3)CC1)[C@H]1C=C[C@@H]2C1. The molecular formula is C23H27N3O4S. The fourth-order valence-corrected chi connectivity index (χ4v) is 6.62. The van der Waals surface area contributed by atoms with Crippen molar-refractivity contribution in [3.63, 3.8) is 0 Å². The van der Waals surface area contributed by atoms with Gasteiger partial charge in [0.1, 0.15) is 0 Å². The second kappa shape index (κ2) is 8.00. The lowest BCUT2D eigenvalue weighted by Crippen LogP contribution is -2.50. The first-order valence-corrected chi connectivity index (χ1v) is 12.4. The monoisotopic (exact) mass is 441 g/mol. The number of benzene rings is 1. The zero-order valence-corrected chi connectivity index (χ0v) is 18.2. The van der Waals surface area contributed by atoms with E-state index in [2.05, 4.69) is 17.1 Å². The van der Waals surface area contributed by atoms with Crippen molar-refractivity contribution >= 4 is 27.9 Å². The minimum atomic E-state index is -3.47. The highest BCUT2D eigenvalue weighted by molar-refractivity contribution is 7.92. The normalized spacial score (nSPS) is 31.3. The number of piperazine rings is 1. The summed E-state index contributed by atoms with van der Waals surface area (Å²) in [7, 11) is -3.47. The Labute approximate surface area is 183 Å². The van der Waals surface area contributed by atoms with Crippen LogP contribution in [-0.2, 0) is 19.6 Å². The van der Waals surface area contributed by atoms with Crippen molar-refractivity contribution in [1.29, 1.82) is 0 Å². The molecule has 4 aliphatic rings. The van der Waals surface area contributed by atoms with Gasteiger partial charge in [0, 0.05) is 44.7 Å². The Morgan fingerprint density at radius 1 is 0.871 bits per heavy atom. The van der Waals surface area contributed by atoms with Crippen molar-refractivity contribution in [1.82, 2.24) is 14.1 Å². The fraction of sp³-hybridized carbons (Fsp3) is 0.478. The summed E-state index contributed by atoms with van der Waals surface area (Å²) in [6, 6.07) is 9.35. The Morgan fingerprint density at radius 3 is 2.10 bits per heavy atom. The molecule has 1 aromatic rings. The summed E-state index contributed by atoms with van der Waals surface area (Å²) in [5.41, 5.74) is 0.845. The molecule has 2 aliphatic heterocycles. The van der Waals surface area contributed by atoms with Gasteiger partial charge in [-0.2, -0.15) is 4.31 Å². The molecule has 3 fully saturated rings. The summed E-state index contributed by atoms with van der Waals surface area (Å²) in [5.74, 6) is 0.128. The molecule has 2 amide bonds. The second-order valence-electron chi connectivity index (χ2n) is 8.83. The van der Waals surface area contributed by atoms with Crippen molar-refractivity contribution in [2.24, 2.45) is 23.7 Å². The van der Waals surface area contributed by atoms with Crippen LogP contribution in [0.4, 0.5) is 0 Å². The molecular weight excluding hydrogens is 414 g/mol. The van der Waals surface area contributed by atoms with Crippen molar-refractivity contribution in [3.05, 3.63) is 53.5 Å². The minimum Gasteiger partial charge on any atom is -0.299 e. The van der Waals surface area contributed by atoms with Crippen molar-refractivity contribution in [2.75, 3.05) is 39.3 Å². The van der Waals surface area contributed by atoms with Crippen LogP contribution in [0.15, 0.2) is 47.9 Å². The third-order valence-corrected chi connectivity index (χ3v) is 8.69. The number of nitrogens with zero attached hydrogens (tertiary/aromatic N) is 3. The first-order valence-electron chi connectivity index (χ1n) is 10.9. The van der Waals surface area contributed by atoms with Gasteiger partial charge in [-0.1, -0.05) is 42.5 Å². The molecule has 4 atom stereocenters. The van der Waals surface area contributed by atoms with Crippen LogP contribution in [-0.4, -0.2) is 73.6 Å². The van der Waals surface area contributed by atoms with Crippen LogP contribution in [0.25, 0.3) is 6.08 Å². The standard InChI is InChI=1S/C23H27N3O4S/c27-22-20-18-6-7-19(16-18)21(20)23(28)26(22)14-11-24-9-12-25(13-10-24)31(29,30)15-8-17-4-2-1-3-5-17/h1-8,15,18-21H,9-14,16H2/b15-8+/t18-,19+,20-,21-/m0/s1. The number of hydrogen-bond donors (Lipinski definition) is 0. The summed E-state index contributed by atoms with van der Waals surface area (Å²) >= 11 is 0. The van der Waals surface area contributed by atoms with E-state index in [1.165, 1.54) is 14.6 Å². The number of imide groups is 1. The van der Waals surface area contributed by atoms with Gasteiger partial charge in [-0.3, -0.25) is 19.4 Å². The quantitative estimate of drug-likeness (QED) is 0.493. The molecule has 0 spiro atoms. The van der Waals surface area contributed by atoms with Gasteiger partial charge in [-0.25, -0.2) is 8.42 Å². The number of allylic oxidation sites excluding steroid dienone is 2. The molecule has 0 N–H and O–H groups in total. The van der Waals surface area contributed by atoms with E-state index in [1.54, 1.807) is 6.08 Å². The molecule has 0 unspecified atom stereocenters. The molecule has 5 rings (SSSR count). The van der Waals surface area contributed by atoms with Gasteiger partial charge in [0.2, 0.25) is 21.8 Å². The van der Waals surface area contributed by atoms with Crippen molar-refractivity contribution in [2.45, 2.75) is 6.42 Å². The van der Waals surface area contributed by atoms with E-state index in [0.29, 0.717) is 39.3 Å². The lowest BCUT2D eigenvalue weighted by molar-refractivity contribution is -0.140. The Hall–Kier alpha value is -2.29. The van der Waals surface area contributed by atoms with E-state index in [-0.39, 0.29) is 35.5 Å². The van der Waals surface area contributed by atoms with Crippen LogP contribution in [0, 0.1) is 23.7 Å². The number of hydrogen-bond acceptors (Lipinski definition) is 5. The summed E-state index contributed by atoms with van der Waals surface area (Å²) in [6.07, 6.45) is 6.76. The van der Waals surface area contributed by atoms with E-state index >= 15 is 0 Å². The highest BCUT2D eigenvalue weighted by Crippen LogP contribution is 2.52.